The number of nitrogens with one attached hydrogen (secondary N) is 1. The SMILES string of the molecule is Cc1ncc(C(=O)Nc2ccc(Cl)c(C(F)(F)F)c2)cc1-n1cc(-c2cncc(N3CCN(C)CC3)c2)nn1. The van der Waals surface area contributed by atoms with Crippen LogP contribution in [0, 0.1) is 6.92 Å². The molecule has 1 amide bonds. The van der Waals surface area contributed by atoms with Crippen molar-refractivity contribution in [3.8, 4) is 16.9 Å². The van der Waals surface area contributed by atoms with E-state index in [2.05, 4.69) is 42.4 Å². The van der Waals surface area contributed by atoms with E-state index in [1.807, 2.05) is 12.3 Å². The summed E-state index contributed by atoms with van der Waals surface area (Å²) in [6, 6.07) is 6.74. The van der Waals surface area contributed by atoms with E-state index in [1.165, 1.54) is 16.9 Å². The predicted molar refractivity (Wildman–Crippen MR) is 141 cm³/mol. The molecule has 0 spiro atoms. The maximum absolute atomic E-state index is 13.2. The number of amides is 1. The first kappa shape index (κ1) is 26.6. The maximum atomic E-state index is 13.2. The maximum Gasteiger partial charge on any atom is 0.417 e. The molecule has 0 saturated carbocycles. The van der Waals surface area contributed by atoms with Gasteiger partial charge in [-0.25, -0.2) is 4.68 Å². The van der Waals surface area contributed by atoms with Crippen LogP contribution in [0.2, 0.25) is 5.02 Å². The number of alkyl halides is 3. The molecule has 1 N–H and O–H groups in total. The van der Waals surface area contributed by atoms with Crippen molar-refractivity contribution >= 4 is 28.9 Å². The van der Waals surface area contributed by atoms with Crippen LogP contribution < -0.4 is 10.2 Å². The Morgan fingerprint density at radius 2 is 1.82 bits per heavy atom. The third-order valence-corrected chi connectivity index (χ3v) is 6.81. The summed E-state index contributed by atoms with van der Waals surface area (Å²) in [6.45, 7) is 5.50. The van der Waals surface area contributed by atoms with Crippen molar-refractivity contribution in [1.82, 2.24) is 29.9 Å². The number of aromatic nitrogens is 5. The summed E-state index contributed by atoms with van der Waals surface area (Å²) in [4.78, 5) is 26.1. The second-order valence-corrected chi connectivity index (χ2v) is 9.65. The van der Waals surface area contributed by atoms with Gasteiger partial charge in [-0.2, -0.15) is 13.2 Å². The van der Waals surface area contributed by atoms with E-state index in [-0.39, 0.29) is 11.3 Å². The standard InChI is InChI=1S/C26H24ClF3N8O/c1-16-24(10-18(13-32-16)25(39)33-19-3-4-22(27)21(11-19)26(28,29)30)38-15-23(34-35-38)17-9-20(14-31-12-17)37-7-5-36(2)6-8-37/h3-4,9-15H,5-8H2,1-2H3,(H,33,39). The molecule has 39 heavy (non-hydrogen) atoms. The van der Waals surface area contributed by atoms with Gasteiger partial charge in [0.2, 0.25) is 0 Å². The number of pyridine rings is 2. The molecule has 1 aliphatic heterocycles. The van der Waals surface area contributed by atoms with E-state index in [4.69, 9.17) is 11.6 Å². The number of piperazine rings is 1. The first-order chi connectivity index (χ1) is 18.6. The molecule has 1 fully saturated rings. The lowest BCUT2D eigenvalue weighted by Crippen LogP contribution is -2.44. The molecule has 3 aromatic heterocycles. The molecule has 1 saturated heterocycles. The summed E-state index contributed by atoms with van der Waals surface area (Å²) in [6.07, 6.45) is 1.94. The van der Waals surface area contributed by atoms with Crippen LogP contribution in [0.25, 0.3) is 16.9 Å². The van der Waals surface area contributed by atoms with Gasteiger partial charge in [-0.05, 0) is 44.3 Å². The van der Waals surface area contributed by atoms with Gasteiger partial charge in [-0.15, -0.1) is 5.10 Å². The lowest BCUT2D eigenvalue weighted by molar-refractivity contribution is -0.137. The zero-order valence-corrected chi connectivity index (χ0v) is 21.8. The van der Waals surface area contributed by atoms with Gasteiger partial charge in [0.1, 0.15) is 5.69 Å². The molecule has 0 atom stereocenters. The summed E-state index contributed by atoms with van der Waals surface area (Å²) < 4.78 is 41.1. The van der Waals surface area contributed by atoms with Gasteiger partial charge in [0.15, 0.2) is 0 Å². The quantitative estimate of drug-likeness (QED) is 0.381. The fourth-order valence-corrected chi connectivity index (χ4v) is 4.45. The predicted octanol–water partition coefficient (Wildman–Crippen LogP) is 4.71. The molecule has 13 heteroatoms. The van der Waals surface area contributed by atoms with E-state index < -0.39 is 22.7 Å². The van der Waals surface area contributed by atoms with Crippen molar-refractivity contribution in [3.63, 3.8) is 0 Å². The highest BCUT2D eigenvalue weighted by atomic mass is 35.5. The van der Waals surface area contributed by atoms with Gasteiger partial charge >= 0.3 is 6.18 Å². The lowest BCUT2D eigenvalue weighted by atomic mass is 10.1. The summed E-state index contributed by atoms with van der Waals surface area (Å²) in [5, 5.41) is 10.5. The zero-order valence-electron chi connectivity index (χ0n) is 21.1. The van der Waals surface area contributed by atoms with Crippen molar-refractivity contribution in [3.05, 3.63) is 77.0 Å². The number of likely N-dealkylation sites (N-methyl/N-ethyl adjacent to an activating group) is 1. The minimum atomic E-state index is -4.65. The van der Waals surface area contributed by atoms with E-state index in [9.17, 15) is 18.0 Å². The molecule has 0 aliphatic carbocycles. The number of rotatable bonds is 5. The molecule has 4 aromatic rings. The summed E-state index contributed by atoms with van der Waals surface area (Å²) in [5.41, 5.74) is 2.52. The number of carbonyl (C=O) groups excluding carboxylic acids is 1. The van der Waals surface area contributed by atoms with Crippen LogP contribution in [0.5, 0.6) is 0 Å². The number of benzene rings is 1. The molecule has 0 radical (unpaired) electrons. The van der Waals surface area contributed by atoms with Crippen molar-refractivity contribution < 1.29 is 18.0 Å². The number of nitrogens with zero attached hydrogens (tertiary/aromatic N) is 7. The van der Waals surface area contributed by atoms with Crippen molar-refractivity contribution in [1.29, 1.82) is 0 Å². The highest BCUT2D eigenvalue weighted by Gasteiger charge is 2.33. The van der Waals surface area contributed by atoms with E-state index in [0.717, 1.165) is 49.6 Å². The second-order valence-electron chi connectivity index (χ2n) is 9.25. The Balaban J connectivity index is 1.37. The number of hydrogen-bond donors (Lipinski definition) is 1. The molecule has 4 heterocycles. The Bertz CT molecular complexity index is 1520. The fraction of sp³-hybridized carbons (Fsp3) is 0.269. The van der Waals surface area contributed by atoms with Crippen LogP contribution in [0.1, 0.15) is 21.6 Å². The molecule has 9 nitrogen and oxygen atoms in total. The van der Waals surface area contributed by atoms with Crippen molar-refractivity contribution in [2.45, 2.75) is 13.1 Å². The van der Waals surface area contributed by atoms with Gasteiger partial charge in [0.05, 0.1) is 45.6 Å². The van der Waals surface area contributed by atoms with Crippen LogP contribution in [-0.2, 0) is 6.18 Å². The number of hydrogen-bond acceptors (Lipinski definition) is 7. The van der Waals surface area contributed by atoms with Crippen LogP contribution in [-0.4, -0.2) is 69.0 Å². The van der Waals surface area contributed by atoms with E-state index in [0.29, 0.717) is 17.1 Å². The van der Waals surface area contributed by atoms with E-state index in [1.54, 1.807) is 25.4 Å². The van der Waals surface area contributed by atoms with Gasteiger partial charge in [-0.3, -0.25) is 14.8 Å². The van der Waals surface area contributed by atoms with Crippen LogP contribution in [0.15, 0.2) is 55.1 Å². The Morgan fingerprint density at radius 1 is 1.05 bits per heavy atom. The first-order valence-electron chi connectivity index (χ1n) is 12.0. The molecule has 0 bridgehead atoms. The highest BCUT2D eigenvalue weighted by Crippen LogP contribution is 2.36. The number of halogens is 4. The van der Waals surface area contributed by atoms with Crippen LogP contribution in [0.3, 0.4) is 0 Å². The molecular weight excluding hydrogens is 533 g/mol. The Hall–Kier alpha value is -4.03. The van der Waals surface area contributed by atoms with Gasteiger partial charge in [0, 0.05) is 49.8 Å². The molecule has 202 valence electrons. The summed E-state index contributed by atoms with van der Waals surface area (Å²) in [7, 11) is 2.10. The van der Waals surface area contributed by atoms with Crippen molar-refractivity contribution in [2.75, 3.05) is 43.4 Å². The summed E-state index contributed by atoms with van der Waals surface area (Å²) in [5.74, 6) is -0.636. The second kappa shape index (κ2) is 10.6. The number of aryl methyl sites for hydroxylation is 1. The average Bonchev–Trinajstić information content (AvgIpc) is 3.40. The Kier molecular flexibility index (Phi) is 7.23. The fourth-order valence-electron chi connectivity index (χ4n) is 4.22. The summed E-state index contributed by atoms with van der Waals surface area (Å²) >= 11 is 5.67. The van der Waals surface area contributed by atoms with Crippen molar-refractivity contribution in [2.24, 2.45) is 0 Å². The minimum absolute atomic E-state index is 0.0466. The number of carbonyl (C=O) groups is 1. The molecule has 5 rings (SSSR count). The van der Waals surface area contributed by atoms with Crippen LogP contribution in [0.4, 0.5) is 24.5 Å². The zero-order chi connectivity index (χ0) is 27.7. The highest BCUT2D eigenvalue weighted by molar-refractivity contribution is 6.31. The third-order valence-electron chi connectivity index (χ3n) is 6.48. The number of anilines is 2. The third kappa shape index (κ3) is 5.86. The normalized spacial score (nSPS) is 14.5. The Labute approximate surface area is 227 Å². The topological polar surface area (TPSA) is 92.1 Å². The first-order valence-corrected chi connectivity index (χ1v) is 12.4. The monoisotopic (exact) mass is 556 g/mol. The molecule has 1 aromatic carbocycles. The molecule has 1 aliphatic rings. The van der Waals surface area contributed by atoms with Gasteiger partial charge in [-0.1, -0.05) is 16.8 Å². The van der Waals surface area contributed by atoms with E-state index >= 15 is 0 Å². The van der Waals surface area contributed by atoms with Crippen LogP contribution >= 0.6 is 11.6 Å². The van der Waals surface area contributed by atoms with Gasteiger partial charge < -0.3 is 15.1 Å². The smallest absolute Gasteiger partial charge is 0.368 e. The Morgan fingerprint density at radius 3 is 2.56 bits per heavy atom. The van der Waals surface area contributed by atoms with Gasteiger partial charge in [0.25, 0.3) is 5.91 Å². The largest absolute Gasteiger partial charge is 0.417 e. The molecular formula is C26H24ClF3N8O. The average molecular weight is 557 g/mol. The minimum Gasteiger partial charge on any atom is -0.368 e. The molecule has 0 unspecified atom stereocenters. The lowest BCUT2D eigenvalue weighted by Gasteiger charge is -2.33.